The summed E-state index contributed by atoms with van der Waals surface area (Å²) in [5.74, 6) is 0.798. The normalized spacial score (nSPS) is 11.8. The number of nitrogens with one attached hydrogen (secondary N) is 1. The Bertz CT molecular complexity index is 791. The summed E-state index contributed by atoms with van der Waals surface area (Å²) in [7, 11) is 0. The smallest absolute Gasteiger partial charge is 0.119 e. The van der Waals surface area contributed by atoms with E-state index in [-0.39, 0.29) is 12.6 Å². The molecule has 0 fully saturated rings. The van der Waals surface area contributed by atoms with Crippen molar-refractivity contribution >= 4 is 17.3 Å². The first-order chi connectivity index (χ1) is 12.2. The Hall–Kier alpha value is -2.49. The van der Waals surface area contributed by atoms with Crippen molar-refractivity contribution in [3.05, 3.63) is 95.0 Å². The third-order valence-corrected chi connectivity index (χ3v) is 4.11. The molecule has 0 aliphatic heterocycles. The number of benzene rings is 3. The minimum absolute atomic E-state index is 0.0171. The molecule has 1 atom stereocenters. The summed E-state index contributed by atoms with van der Waals surface area (Å²) >= 11 is 6.00. The van der Waals surface area contributed by atoms with Crippen LogP contribution in [0.25, 0.3) is 0 Å². The lowest BCUT2D eigenvalue weighted by Gasteiger charge is -2.18. The van der Waals surface area contributed by atoms with E-state index in [4.69, 9.17) is 16.3 Å². The van der Waals surface area contributed by atoms with Crippen molar-refractivity contribution in [2.75, 3.05) is 11.9 Å². The minimum atomic E-state index is -0.207. The third kappa shape index (κ3) is 4.99. The Kier molecular flexibility index (Phi) is 5.94. The fourth-order valence-corrected chi connectivity index (χ4v) is 2.74. The van der Waals surface area contributed by atoms with Gasteiger partial charge in [-0.15, -0.1) is 0 Å². The van der Waals surface area contributed by atoms with Crippen LogP contribution in [0.1, 0.15) is 17.2 Å². The van der Waals surface area contributed by atoms with Crippen LogP contribution in [-0.4, -0.2) is 11.7 Å². The van der Waals surface area contributed by atoms with Crippen molar-refractivity contribution in [2.45, 2.75) is 12.6 Å². The summed E-state index contributed by atoms with van der Waals surface area (Å²) in [6.07, 6.45) is 0. The number of hydrogen-bond acceptors (Lipinski definition) is 3. The van der Waals surface area contributed by atoms with Gasteiger partial charge in [-0.2, -0.15) is 0 Å². The molecule has 128 valence electrons. The predicted molar refractivity (Wildman–Crippen MR) is 102 cm³/mol. The SMILES string of the molecule is OCC(Nc1cccc(Cl)c1)c1ccc(OCc2ccccc2)cc1. The van der Waals surface area contributed by atoms with E-state index in [1.165, 1.54) is 0 Å². The van der Waals surface area contributed by atoms with E-state index >= 15 is 0 Å². The molecule has 0 spiro atoms. The Morgan fingerprint density at radius 3 is 2.36 bits per heavy atom. The summed E-state index contributed by atoms with van der Waals surface area (Å²) in [4.78, 5) is 0. The molecule has 25 heavy (non-hydrogen) atoms. The number of rotatable bonds is 7. The molecule has 0 bridgehead atoms. The average Bonchev–Trinajstić information content (AvgIpc) is 2.66. The molecule has 0 aliphatic carbocycles. The molecule has 1 unspecified atom stereocenters. The van der Waals surface area contributed by atoms with Gasteiger partial charge in [-0.1, -0.05) is 60.1 Å². The van der Waals surface area contributed by atoms with Crippen molar-refractivity contribution < 1.29 is 9.84 Å². The molecule has 3 rings (SSSR count). The topological polar surface area (TPSA) is 41.5 Å². The maximum absolute atomic E-state index is 9.70. The summed E-state index contributed by atoms with van der Waals surface area (Å²) in [5, 5.41) is 13.7. The molecule has 0 saturated carbocycles. The Morgan fingerprint density at radius 1 is 0.920 bits per heavy atom. The van der Waals surface area contributed by atoms with E-state index in [0.29, 0.717) is 11.6 Å². The van der Waals surface area contributed by atoms with Crippen LogP contribution in [-0.2, 0) is 6.61 Å². The van der Waals surface area contributed by atoms with Crippen molar-refractivity contribution in [2.24, 2.45) is 0 Å². The molecular formula is C21H20ClNO2. The molecule has 3 aromatic rings. The van der Waals surface area contributed by atoms with Gasteiger partial charge in [-0.3, -0.25) is 0 Å². The van der Waals surface area contributed by atoms with Crippen molar-refractivity contribution in [1.29, 1.82) is 0 Å². The Morgan fingerprint density at radius 2 is 1.68 bits per heavy atom. The van der Waals surface area contributed by atoms with E-state index < -0.39 is 0 Å². The second kappa shape index (κ2) is 8.56. The summed E-state index contributed by atoms with van der Waals surface area (Å²) < 4.78 is 5.79. The Labute approximate surface area is 152 Å². The third-order valence-electron chi connectivity index (χ3n) is 3.88. The molecule has 0 heterocycles. The maximum atomic E-state index is 9.70. The second-order valence-corrected chi connectivity index (χ2v) is 6.17. The molecule has 4 heteroatoms. The summed E-state index contributed by atoms with van der Waals surface area (Å²) in [6, 6.07) is 25.0. The van der Waals surface area contributed by atoms with E-state index in [1.54, 1.807) is 0 Å². The first kappa shape index (κ1) is 17.3. The maximum Gasteiger partial charge on any atom is 0.119 e. The van der Waals surface area contributed by atoms with Crippen molar-refractivity contribution in [1.82, 2.24) is 0 Å². The zero-order chi connectivity index (χ0) is 17.5. The number of aliphatic hydroxyl groups is 1. The number of hydrogen-bond donors (Lipinski definition) is 2. The van der Waals surface area contributed by atoms with Crippen LogP contribution < -0.4 is 10.1 Å². The van der Waals surface area contributed by atoms with Crippen LogP contribution in [0.4, 0.5) is 5.69 Å². The van der Waals surface area contributed by atoms with Gasteiger partial charge in [0.15, 0.2) is 0 Å². The van der Waals surface area contributed by atoms with Crippen molar-refractivity contribution in [3.8, 4) is 5.75 Å². The van der Waals surface area contributed by atoms with Gasteiger partial charge in [0.25, 0.3) is 0 Å². The van der Waals surface area contributed by atoms with E-state index in [9.17, 15) is 5.11 Å². The summed E-state index contributed by atoms with van der Waals surface area (Å²) in [5.41, 5.74) is 2.98. The molecule has 0 radical (unpaired) electrons. The lowest BCUT2D eigenvalue weighted by molar-refractivity contribution is 0.276. The molecule has 0 amide bonds. The highest BCUT2D eigenvalue weighted by Gasteiger charge is 2.10. The molecule has 0 aliphatic rings. The van der Waals surface area contributed by atoms with Gasteiger partial charge in [-0.25, -0.2) is 0 Å². The molecule has 3 aromatic carbocycles. The largest absolute Gasteiger partial charge is 0.489 e. The first-order valence-electron chi connectivity index (χ1n) is 8.14. The predicted octanol–water partition coefficient (Wildman–Crippen LogP) is 5.06. The lowest BCUT2D eigenvalue weighted by Crippen LogP contribution is -2.14. The highest BCUT2D eigenvalue weighted by molar-refractivity contribution is 6.30. The highest BCUT2D eigenvalue weighted by atomic mass is 35.5. The second-order valence-electron chi connectivity index (χ2n) is 5.73. The van der Waals surface area contributed by atoms with Gasteiger partial charge in [-0.05, 0) is 41.5 Å². The highest BCUT2D eigenvalue weighted by Crippen LogP contribution is 2.24. The number of aliphatic hydroxyl groups excluding tert-OH is 1. The molecular weight excluding hydrogens is 334 g/mol. The summed E-state index contributed by atoms with van der Waals surface area (Å²) in [6.45, 7) is 0.515. The van der Waals surface area contributed by atoms with Crippen LogP contribution in [0.15, 0.2) is 78.9 Å². The van der Waals surface area contributed by atoms with Gasteiger partial charge in [0, 0.05) is 10.7 Å². The van der Waals surface area contributed by atoms with Crippen LogP contribution in [0.3, 0.4) is 0 Å². The monoisotopic (exact) mass is 353 g/mol. The van der Waals surface area contributed by atoms with Crippen LogP contribution in [0, 0.1) is 0 Å². The first-order valence-corrected chi connectivity index (χ1v) is 8.52. The van der Waals surface area contributed by atoms with Crippen molar-refractivity contribution in [3.63, 3.8) is 0 Å². The molecule has 3 nitrogen and oxygen atoms in total. The number of halogens is 1. The Balaban J connectivity index is 1.63. The van der Waals surface area contributed by atoms with Gasteiger partial charge < -0.3 is 15.2 Å². The van der Waals surface area contributed by atoms with Gasteiger partial charge in [0.05, 0.1) is 12.6 Å². The van der Waals surface area contributed by atoms with Crippen LogP contribution in [0.2, 0.25) is 5.02 Å². The molecule has 0 saturated heterocycles. The van der Waals surface area contributed by atoms with Gasteiger partial charge >= 0.3 is 0 Å². The van der Waals surface area contributed by atoms with E-state index in [2.05, 4.69) is 5.32 Å². The quantitative estimate of drug-likeness (QED) is 0.623. The zero-order valence-corrected chi connectivity index (χ0v) is 14.5. The standard InChI is InChI=1S/C21H20ClNO2/c22-18-7-4-8-19(13-18)23-21(14-24)17-9-11-20(12-10-17)25-15-16-5-2-1-3-6-16/h1-13,21,23-24H,14-15H2. The van der Waals surface area contributed by atoms with Gasteiger partial charge in [0.2, 0.25) is 0 Å². The van der Waals surface area contributed by atoms with Gasteiger partial charge in [0.1, 0.15) is 12.4 Å². The average molecular weight is 354 g/mol. The fourth-order valence-electron chi connectivity index (χ4n) is 2.55. The molecule has 2 N–H and O–H groups in total. The van der Waals surface area contributed by atoms with Crippen LogP contribution in [0.5, 0.6) is 5.75 Å². The van der Waals surface area contributed by atoms with E-state index in [1.807, 2.05) is 78.9 Å². The number of ether oxygens (including phenoxy) is 1. The minimum Gasteiger partial charge on any atom is -0.489 e. The lowest BCUT2D eigenvalue weighted by atomic mass is 10.1. The number of anilines is 1. The molecule has 0 aromatic heterocycles. The van der Waals surface area contributed by atoms with Crippen LogP contribution >= 0.6 is 11.6 Å². The van der Waals surface area contributed by atoms with E-state index in [0.717, 1.165) is 22.6 Å². The fraction of sp³-hybridized carbons (Fsp3) is 0.143. The zero-order valence-electron chi connectivity index (χ0n) is 13.7.